The Balaban J connectivity index is 1.79. The zero-order valence-corrected chi connectivity index (χ0v) is 19.7. The SMILES string of the molecule is C[C@H](C(=O)Nc1ccccc1C(=O)NCc1ccccc1)N(c1ccc(Cl)cc1)S(C)(=O)=O. The Morgan fingerprint density at radius 1 is 0.939 bits per heavy atom. The molecule has 0 aliphatic carbocycles. The first-order valence-corrected chi connectivity index (χ1v) is 12.4. The molecule has 3 aromatic rings. The van der Waals surface area contributed by atoms with Gasteiger partial charge in [-0.25, -0.2) is 8.42 Å². The number of amides is 2. The van der Waals surface area contributed by atoms with E-state index in [2.05, 4.69) is 10.6 Å². The van der Waals surface area contributed by atoms with Gasteiger partial charge in [0.25, 0.3) is 5.91 Å². The Hall–Kier alpha value is -3.36. The summed E-state index contributed by atoms with van der Waals surface area (Å²) in [5.41, 5.74) is 1.79. The average Bonchev–Trinajstić information content (AvgIpc) is 2.79. The van der Waals surface area contributed by atoms with Gasteiger partial charge in [-0.3, -0.25) is 13.9 Å². The zero-order chi connectivity index (χ0) is 24.0. The fraction of sp³-hybridized carbons (Fsp3) is 0.167. The molecular weight excluding hydrogens is 462 g/mol. The van der Waals surface area contributed by atoms with Gasteiger partial charge in [0.05, 0.1) is 23.2 Å². The molecule has 172 valence electrons. The maximum absolute atomic E-state index is 13.0. The lowest BCUT2D eigenvalue weighted by molar-refractivity contribution is -0.116. The molecule has 2 amide bonds. The summed E-state index contributed by atoms with van der Waals surface area (Å²) < 4.78 is 25.9. The molecule has 0 radical (unpaired) electrons. The van der Waals surface area contributed by atoms with E-state index >= 15 is 0 Å². The van der Waals surface area contributed by atoms with Gasteiger partial charge in [0.1, 0.15) is 6.04 Å². The number of benzene rings is 3. The molecule has 0 heterocycles. The molecule has 0 saturated heterocycles. The molecule has 0 aliphatic heterocycles. The topological polar surface area (TPSA) is 95.6 Å². The highest BCUT2D eigenvalue weighted by Crippen LogP contribution is 2.24. The van der Waals surface area contributed by atoms with Crippen molar-refractivity contribution < 1.29 is 18.0 Å². The minimum Gasteiger partial charge on any atom is -0.348 e. The minimum absolute atomic E-state index is 0.270. The molecule has 0 unspecified atom stereocenters. The second kappa shape index (κ2) is 10.5. The zero-order valence-electron chi connectivity index (χ0n) is 18.2. The van der Waals surface area contributed by atoms with Crippen LogP contribution in [0.15, 0.2) is 78.9 Å². The van der Waals surface area contributed by atoms with E-state index in [1.54, 1.807) is 36.4 Å². The lowest BCUT2D eigenvalue weighted by Crippen LogP contribution is -2.45. The van der Waals surface area contributed by atoms with Crippen molar-refractivity contribution >= 4 is 44.8 Å². The maximum atomic E-state index is 13.0. The van der Waals surface area contributed by atoms with Crippen molar-refractivity contribution in [3.63, 3.8) is 0 Å². The molecular formula is C24H24ClN3O4S. The number of nitrogens with zero attached hydrogens (tertiary/aromatic N) is 1. The van der Waals surface area contributed by atoms with Crippen molar-refractivity contribution in [2.45, 2.75) is 19.5 Å². The molecule has 0 spiro atoms. The van der Waals surface area contributed by atoms with Crippen molar-refractivity contribution in [2.24, 2.45) is 0 Å². The van der Waals surface area contributed by atoms with Gasteiger partial charge in [0.15, 0.2) is 0 Å². The van der Waals surface area contributed by atoms with Gasteiger partial charge in [0, 0.05) is 11.6 Å². The van der Waals surface area contributed by atoms with Crippen molar-refractivity contribution in [1.82, 2.24) is 5.32 Å². The maximum Gasteiger partial charge on any atom is 0.253 e. The van der Waals surface area contributed by atoms with Gasteiger partial charge in [0.2, 0.25) is 15.9 Å². The van der Waals surface area contributed by atoms with Gasteiger partial charge in [-0.15, -0.1) is 0 Å². The van der Waals surface area contributed by atoms with Crippen molar-refractivity contribution in [1.29, 1.82) is 0 Å². The highest BCUT2D eigenvalue weighted by Gasteiger charge is 2.29. The summed E-state index contributed by atoms with van der Waals surface area (Å²) >= 11 is 5.91. The Labute approximate surface area is 198 Å². The average molecular weight is 486 g/mol. The third-order valence-electron chi connectivity index (χ3n) is 4.90. The highest BCUT2D eigenvalue weighted by molar-refractivity contribution is 7.92. The van der Waals surface area contributed by atoms with Crippen LogP contribution in [-0.2, 0) is 21.4 Å². The van der Waals surface area contributed by atoms with Crippen LogP contribution in [0.2, 0.25) is 5.02 Å². The summed E-state index contributed by atoms with van der Waals surface area (Å²) in [6.07, 6.45) is 1.02. The number of hydrogen-bond donors (Lipinski definition) is 2. The van der Waals surface area contributed by atoms with E-state index in [0.717, 1.165) is 16.1 Å². The van der Waals surface area contributed by atoms with Crippen LogP contribution in [0.25, 0.3) is 0 Å². The molecule has 0 aromatic heterocycles. The Kier molecular flexibility index (Phi) is 7.73. The fourth-order valence-corrected chi connectivity index (χ4v) is 4.60. The molecule has 9 heteroatoms. The quantitative estimate of drug-likeness (QED) is 0.503. The van der Waals surface area contributed by atoms with Crippen LogP contribution >= 0.6 is 11.6 Å². The first kappa shape index (κ1) is 24.3. The van der Waals surface area contributed by atoms with Gasteiger partial charge in [-0.1, -0.05) is 54.1 Å². The number of nitrogens with one attached hydrogen (secondary N) is 2. The number of para-hydroxylation sites is 1. The number of carbonyl (C=O) groups is 2. The molecule has 0 fully saturated rings. The van der Waals surface area contributed by atoms with Crippen LogP contribution in [0.3, 0.4) is 0 Å². The Morgan fingerprint density at radius 2 is 1.55 bits per heavy atom. The van der Waals surface area contributed by atoms with Crippen molar-refractivity contribution in [2.75, 3.05) is 15.9 Å². The fourth-order valence-electron chi connectivity index (χ4n) is 3.30. The van der Waals surface area contributed by atoms with Crippen LogP contribution in [-0.4, -0.2) is 32.5 Å². The minimum atomic E-state index is -3.78. The number of sulfonamides is 1. The second-order valence-corrected chi connectivity index (χ2v) is 9.71. The van der Waals surface area contributed by atoms with Crippen LogP contribution in [0.1, 0.15) is 22.8 Å². The van der Waals surface area contributed by atoms with Gasteiger partial charge >= 0.3 is 0 Å². The van der Waals surface area contributed by atoms with E-state index in [-0.39, 0.29) is 17.2 Å². The second-order valence-electron chi connectivity index (χ2n) is 7.41. The van der Waals surface area contributed by atoms with Crippen LogP contribution in [0.5, 0.6) is 0 Å². The van der Waals surface area contributed by atoms with E-state index in [9.17, 15) is 18.0 Å². The number of rotatable bonds is 8. The summed E-state index contributed by atoms with van der Waals surface area (Å²) in [7, 11) is -3.78. The van der Waals surface area contributed by atoms with Gasteiger partial charge < -0.3 is 10.6 Å². The van der Waals surface area contributed by atoms with Gasteiger partial charge in [-0.05, 0) is 48.9 Å². The third kappa shape index (κ3) is 6.34. The van der Waals surface area contributed by atoms with E-state index in [0.29, 0.717) is 17.3 Å². The number of halogens is 1. The van der Waals surface area contributed by atoms with Gasteiger partial charge in [-0.2, -0.15) is 0 Å². The summed E-state index contributed by atoms with van der Waals surface area (Å²) in [4.78, 5) is 25.8. The molecule has 7 nitrogen and oxygen atoms in total. The predicted molar refractivity (Wildman–Crippen MR) is 131 cm³/mol. The summed E-state index contributed by atoms with van der Waals surface area (Å²) in [6.45, 7) is 1.81. The smallest absolute Gasteiger partial charge is 0.253 e. The van der Waals surface area contributed by atoms with Crippen LogP contribution < -0.4 is 14.9 Å². The summed E-state index contributed by atoms with van der Waals surface area (Å²) in [5, 5.41) is 5.96. The molecule has 0 bridgehead atoms. The number of anilines is 2. The first-order chi connectivity index (χ1) is 15.7. The standard InChI is InChI=1S/C24H24ClN3O4S/c1-17(28(33(2,31)32)20-14-12-19(25)13-15-20)23(29)27-22-11-7-6-10-21(22)24(30)26-16-18-8-4-3-5-9-18/h3-15,17H,16H2,1-2H3,(H,26,30)(H,27,29)/t17-/m1/s1. The van der Waals surface area contributed by atoms with Crippen molar-refractivity contribution in [3.8, 4) is 0 Å². The van der Waals surface area contributed by atoms with E-state index in [1.807, 2.05) is 30.3 Å². The summed E-state index contributed by atoms with van der Waals surface area (Å²) in [5.74, 6) is -0.946. The lowest BCUT2D eigenvalue weighted by Gasteiger charge is -2.28. The molecule has 1 atom stereocenters. The normalized spacial score (nSPS) is 12.0. The monoisotopic (exact) mass is 485 g/mol. The Bertz CT molecular complexity index is 1230. The largest absolute Gasteiger partial charge is 0.348 e. The van der Waals surface area contributed by atoms with Crippen LogP contribution in [0.4, 0.5) is 11.4 Å². The third-order valence-corrected chi connectivity index (χ3v) is 6.39. The predicted octanol–water partition coefficient (Wildman–Crippen LogP) is 4.06. The summed E-state index contributed by atoms with van der Waals surface area (Å²) in [6, 6.07) is 21.1. The Morgan fingerprint density at radius 3 is 2.18 bits per heavy atom. The first-order valence-electron chi connectivity index (χ1n) is 10.1. The number of hydrogen-bond acceptors (Lipinski definition) is 4. The molecule has 33 heavy (non-hydrogen) atoms. The molecule has 3 rings (SSSR count). The molecule has 0 saturated carbocycles. The number of carbonyl (C=O) groups excluding carboxylic acids is 2. The van der Waals surface area contributed by atoms with E-state index in [1.165, 1.54) is 19.1 Å². The molecule has 3 aromatic carbocycles. The van der Waals surface area contributed by atoms with Crippen LogP contribution in [0, 0.1) is 0 Å². The molecule has 2 N–H and O–H groups in total. The lowest BCUT2D eigenvalue weighted by atomic mass is 10.1. The molecule has 0 aliphatic rings. The van der Waals surface area contributed by atoms with E-state index in [4.69, 9.17) is 11.6 Å². The highest BCUT2D eigenvalue weighted by atomic mass is 35.5. The van der Waals surface area contributed by atoms with E-state index < -0.39 is 22.0 Å². The van der Waals surface area contributed by atoms with Crippen molar-refractivity contribution in [3.05, 3.63) is 95.0 Å².